The molecule has 1 aliphatic heterocycles. The zero-order valence-corrected chi connectivity index (χ0v) is 13.1. The molecule has 0 radical (unpaired) electrons. The van der Waals surface area contributed by atoms with Gasteiger partial charge in [-0.15, -0.1) is 0 Å². The summed E-state index contributed by atoms with van der Waals surface area (Å²) in [5, 5.41) is 9.76. The molecule has 2 unspecified atom stereocenters. The number of likely N-dealkylation sites (tertiary alicyclic amines) is 1. The van der Waals surface area contributed by atoms with E-state index in [-0.39, 0.29) is 11.9 Å². The standard InChI is InChI=1S/C16H25NO4/c1-4-14-13(8-15(21-14)16(19)20-3)10-17-7-5-6-12(9-17)11(2)18/h8,11-12,18H,4-7,9-10H2,1-3H3. The molecule has 5 heteroatoms. The lowest BCUT2D eigenvalue weighted by Crippen LogP contribution is -2.39. The number of hydrogen-bond donors (Lipinski definition) is 1. The van der Waals surface area contributed by atoms with Crippen LogP contribution in [0.3, 0.4) is 0 Å². The average Bonchev–Trinajstić information content (AvgIpc) is 2.89. The van der Waals surface area contributed by atoms with Crippen molar-refractivity contribution in [3.05, 3.63) is 23.2 Å². The maximum Gasteiger partial charge on any atom is 0.373 e. The molecule has 0 aliphatic carbocycles. The number of aliphatic hydroxyl groups is 1. The quantitative estimate of drug-likeness (QED) is 0.844. The van der Waals surface area contributed by atoms with Crippen LogP contribution in [-0.4, -0.2) is 42.3 Å². The van der Waals surface area contributed by atoms with Crippen LogP contribution in [0.1, 0.15) is 48.6 Å². The second-order valence-electron chi connectivity index (χ2n) is 5.78. The molecule has 0 saturated carbocycles. The van der Waals surface area contributed by atoms with Crippen molar-refractivity contribution in [3.63, 3.8) is 0 Å². The number of furan rings is 1. The molecule has 2 heterocycles. The SMILES string of the molecule is CCc1oc(C(=O)OC)cc1CN1CCCC(C(C)O)C1. The predicted octanol–water partition coefficient (Wildman–Crippen LogP) is 2.22. The fraction of sp³-hybridized carbons (Fsp3) is 0.688. The van der Waals surface area contributed by atoms with E-state index in [1.54, 1.807) is 6.07 Å². The normalized spacial score (nSPS) is 21.2. The minimum Gasteiger partial charge on any atom is -0.463 e. The maximum absolute atomic E-state index is 11.6. The molecule has 118 valence electrons. The van der Waals surface area contributed by atoms with Crippen LogP contribution in [0.25, 0.3) is 0 Å². The van der Waals surface area contributed by atoms with Crippen molar-refractivity contribution in [3.8, 4) is 0 Å². The Morgan fingerprint density at radius 3 is 3.00 bits per heavy atom. The second kappa shape index (κ2) is 7.09. The van der Waals surface area contributed by atoms with E-state index in [0.29, 0.717) is 5.92 Å². The van der Waals surface area contributed by atoms with Gasteiger partial charge >= 0.3 is 5.97 Å². The van der Waals surface area contributed by atoms with E-state index < -0.39 is 5.97 Å². The molecule has 1 saturated heterocycles. The van der Waals surface area contributed by atoms with Crippen molar-refractivity contribution in [2.24, 2.45) is 5.92 Å². The average molecular weight is 295 g/mol. The zero-order chi connectivity index (χ0) is 15.4. The molecule has 1 aromatic rings. The molecule has 0 aromatic carbocycles. The molecule has 0 bridgehead atoms. The van der Waals surface area contributed by atoms with E-state index in [0.717, 1.165) is 50.2 Å². The van der Waals surface area contributed by atoms with Crippen LogP contribution >= 0.6 is 0 Å². The van der Waals surface area contributed by atoms with Gasteiger partial charge in [-0.2, -0.15) is 0 Å². The Morgan fingerprint density at radius 1 is 1.62 bits per heavy atom. The predicted molar refractivity (Wildman–Crippen MR) is 79.1 cm³/mol. The number of ether oxygens (including phenoxy) is 1. The van der Waals surface area contributed by atoms with Gasteiger partial charge in [0.1, 0.15) is 5.76 Å². The fourth-order valence-corrected chi connectivity index (χ4v) is 2.97. The Kier molecular flexibility index (Phi) is 5.42. The van der Waals surface area contributed by atoms with Crippen LogP contribution in [0.5, 0.6) is 0 Å². The lowest BCUT2D eigenvalue weighted by Gasteiger charge is -2.34. The molecule has 5 nitrogen and oxygen atoms in total. The monoisotopic (exact) mass is 295 g/mol. The number of nitrogens with zero attached hydrogens (tertiary/aromatic N) is 1. The van der Waals surface area contributed by atoms with Gasteiger partial charge in [0.2, 0.25) is 5.76 Å². The highest BCUT2D eigenvalue weighted by Gasteiger charge is 2.25. The van der Waals surface area contributed by atoms with Gasteiger partial charge < -0.3 is 14.3 Å². The van der Waals surface area contributed by atoms with E-state index in [9.17, 15) is 9.90 Å². The Labute approximate surface area is 125 Å². The van der Waals surface area contributed by atoms with Crippen molar-refractivity contribution >= 4 is 5.97 Å². The molecule has 1 fully saturated rings. The van der Waals surface area contributed by atoms with Crippen LogP contribution < -0.4 is 0 Å². The fourth-order valence-electron chi connectivity index (χ4n) is 2.97. The van der Waals surface area contributed by atoms with Crippen molar-refractivity contribution < 1.29 is 19.1 Å². The Bertz CT molecular complexity index is 481. The van der Waals surface area contributed by atoms with Gasteiger partial charge in [-0.3, -0.25) is 4.90 Å². The molecule has 2 rings (SSSR count). The highest BCUT2D eigenvalue weighted by atomic mass is 16.5. The van der Waals surface area contributed by atoms with Crippen LogP contribution in [-0.2, 0) is 17.7 Å². The first-order valence-electron chi connectivity index (χ1n) is 7.65. The molecular weight excluding hydrogens is 270 g/mol. The molecular formula is C16H25NO4. The lowest BCUT2D eigenvalue weighted by atomic mass is 9.93. The lowest BCUT2D eigenvalue weighted by molar-refractivity contribution is 0.0562. The van der Waals surface area contributed by atoms with E-state index >= 15 is 0 Å². The third-order valence-corrected chi connectivity index (χ3v) is 4.22. The van der Waals surface area contributed by atoms with E-state index in [1.807, 2.05) is 13.8 Å². The summed E-state index contributed by atoms with van der Waals surface area (Å²) >= 11 is 0. The van der Waals surface area contributed by atoms with Gasteiger partial charge in [0, 0.05) is 25.1 Å². The minimum absolute atomic E-state index is 0.270. The van der Waals surface area contributed by atoms with Gasteiger partial charge in [0.15, 0.2) is 0 Å². The van der Waals surface area contributed by atoms with Crippen molar-refractivity contribution in [2.45, 2.75) is 45.8 Å². The summed E-state index contributed by atoms with van der Waals surface area (Å²) in [6.45, 7) is 6.54. The molecule has 2 atom stereocenters. The van der Waals surface area contributed by atoms with Gasteiger partial charge in [-0.1, -0.05) is 6.92 Å². The minimum atomic E-state index is -0.434. The third kappa shape index (κ3) is 3.86. The summed E-state index contributed by atoms with van der Waals surface area (Å²) in [5.41, 5.74) is 1.05. The zero-order valence-electron chi connectivity index (χ0n) is 13.1. The molecule has 1 N–H and O–H groups in total. The van der Waals surface area contributed by atoms with Crippen molar-refractivity contribution in [1.29, 1.82) is 0 Å². The Balaban J connectivity index is 2.08. The summed E-state index contributed by atoms with van der Waals surface area (Å²) in [6.07, 6.45) is 2.65. The van der Waals surface area contributed by atoms with Crippen LogP contribution in [0.2, 0.25) is 0 Å². The maximum atomic E-state index is 11.6. The number of esters is 1. The first-order chi connectivity index (χ1) is 10.0. The van der Waals surface area contributed by atoms with Crippen molar-refractivity contribution in [2.75, 3.05) is 20.2 Å². The van der Waals surface area contributed by atoms with Crippen LogP contribution in [0, 0.1) is 5.92 Å². The number of aryl methyl sites for hydroxylation is 1. The Hall–Kier alpha value is -1.33. The smallest absolute Gasteiger partial charge is 0.373 e. The van der Waals surface area contributed by atoms with Gasteiger partial charge in [-0.05, 0) is 38.3 Å². The molecule has 1 aliphatic rings. The topological polar surface area (TPSA) is 62.9 Å². The van der Waals surface area contributed by atoms with Gasteiger partial charge in [0.05, 0.1) is 13.2 Å². The Morgan fingerprint density at radius 2 is 2.38 bits per heavy atom. The van der Waals surface area contributed by atoms with Gasteiger partial charge in [0.25, 0.3) is 0 Å². The second-order valence-corrected chi connectivity index (χ2v) is 5.78. The third-order valence-electron chi connectivity index (χ3n) is 4.22. The molecule has 1 aromatic heterocycles. The first kappa shape index (κ1) is 16.0. The molecule has 0 amide bonds. The number of piperidine rings is 1. The largest absolute Gasteiger partial charge is 0.463 e. The summed E-state index contributed by atoms with van der Waals surface area (Å²) in [4.78, 5) is 13.9. The highest BCUT2D eigenvalue weighted by molar-refractivity contribution is 5.86. The van der Waals surface area contributed by atoms with E-state index in [2.05, 4.69) is 4.90 Å². The summed E-state index contributed by atoms with van der Waals surface area (Å²) in [5.74, 6) is 1.01. The number of hydrogen-bond acceptors (Lipinski definition) is 5. The van der Waals surface area contributed by atoms with Crippen molar-refractivity contribution in [1.82, 2.24) is 4.90 Å². The van der Waals surface area contributed by atoms with E-state index in [4.69, 9.17) is 9.15 Å². The first-order valence-corrected chi connectivity index (χ1v) is 7.65. The number of rotatable bonds is 5. The molecule has 21 heavy (non-hydrogen) atoms. The number of methoxy groups -OCH3 is 1. The van der Waals surface area contributed by atoms with E-state index in [1.165, 1.54) is 7.11 Å². The number of carbonyl (C=O) groups excluding carboxylic acids is 1. The molecule has 0 spiro atoms. The summed E-state index contributed by atoms with van der Waals surface area (Å²) in [7, 11) is 1.36. The summed E-state index contributed by atoms with van der Waals surface area (Å²) < 4.78 is 10.3. The van der Waals surface area contributed by atoms with Crippen LogP contribution in [0.4, 0.5) is 0 Å². The number of carbonyl (C=O) groups is 1. The highest BCUT2D eigenvalue weighted by Crippen LogP contribution is 2.24. The van der Waals surface area contributed by atoms with Gasteiger partial charge in [-0.25, -0.2) is 4.79 Å². The number of aliphatic hydroxyl groups excluding tert-OH is 1. The van der Waals surface area contributed by atoms with Crippen LogP contribution in [0.15, 0.2) is 10.5 Å². The summed E-state index contributed by atoms with van der Waals surface area (Å²) in [6, 6.07) is 1.79.